The molecule has 0 atom stereocenters. The Hall–Kier alpha value is -2.59. The van der Waals surface area contributed by atoms with Gasteiger partial charge in [-0.3, -0.25) is 5.43 Å². The van der Waals surface area contributed by atoms with Gasteiger partial charge in [0, 0.05) is 4.47 Å². The number of halogens is 1. The Labute approximate surface area is 127 Å². The zero-order valence-corrected chi connectivity index (χ0v) is 12.1. The third kappa shape index (κ3) is 3.12. The molecule has 0 aliphatic rings. The Bertz CT molecular complexity index is 748. The maximum atomic E-state index is 5.59. The Morgan fingerprint density at radius 3 is 2.86 bits per heavy atom. The lowest BCUT2D eigenvalue weighted by Crippen LogP contribution is -2.14. The summed E-state index contributed by atoms with van der Waals surface area (Å²) in [4.78, 5) is 16.1. The first-order chi connectivity index (χ1) is 10.2. The van der Waals surface area contributed by atoms with Crippen LogP contribution in [-0.4, -0.2) is 29.7 Å². The summed E-state index contributed by atoms with van der Waals surface area (Å²) in [5.74, 6) is 6.31. The molecular weight excluding hydrogens is 340 g/mol. The molecule has 106 valence electrons. The van der Waals surface area contributed by atoms with Gasteiger partial charge < -0.3 is 4.74 Å². The molecule has 0 amide bonds. The van der Waals surface area contributed by atoms with E-state index in [1.807, 2.05) is 12.1 Å². The van der Waals surface area contributed by atoms with Crippen molar-refractivity contribution >= 4 is 21.9 Å². The molecule has 2 heterocycles. The van der Waals surface area contributed by atoms with Gasteiger partial charge >= 0.3 is 6.01 Å². The predicted octanol–water partition coefficient (Wildman–Crippen LogP) is 1.29. The maximum Gasteiger partial charge on any atom is 0.328 e. The molecular formula is C11H9BrN8O. The molecule has 3 N–H and O–H groups in total. The van der Waals surface area contributed by atoms with E-state index in [9.17, 15) is 0 Å². The summed E-state index contributed by atoms with van der Waals surface area (Å²) in [6, 6.07) is 7.37. The Kier molecular flexibility index (Phi) is 3.71. The number of aromatic nitrogens is 6. The van der Waals surface area contributed by atoms with Crippen molar-refractivity contribution in [1.82, 2.24) is 29.7 Å². The number of hydrogen-bond acceptors (Lipinski definition) is 8. The van der Waals surface area contributed by atoms with Gasteiger partial charge in [-0.05, 0) is 18.2 Å². The maximum absolute atomic E-state index is 5.59. The molecule has 10 heteroatoms. The van der Waals surface area contributed by atoms with E-state index in [-0.39, 0.29) is 17.9 Å². The minimum absolute atomic E-state index is 0.0848. The molecule has 9 nitrogen and oxygen atoms in total. The first kappa shape index (κ1) is 13.4. The van der Waals surface area contributed by atoms with Gasteiger partial charge in [0.1, 0.15) is 18.4 Å². The van der Waals surface area contributed by atoms with Crippen LogP contribution in [0.5, 0.6) is 11.8 Å². The van der Waals surface area contributed by atoms with E-state index in [2.05, 4.69) is 46.4 Å². The molecule has 2 aromatic heterocycles. The van der Waals surface area contributed by atoms with Crippen LogP contribution in [0.15, 0.2) is 41.4 Å². The van der Waals surface area contributed by atoms with Gasteiger partial charge in [0.25, 0.3) is 5.95 Å². The molecule has 0 aliphatic heterocycles. The van der Waals surface area contributed by atoms with E-state index in [1.165, 1.54) is 17.3 Å². The SMILES string of the molecule is NNc1nc(Oc2cccc(Br)c2)nc(-n2cncn2)n1. The van der Waals surface area contributed by atoms with Crippen LogP contribution >= 0.6 is 15.9 Å². The van der Waals surface area contributed by atoms with Crippen molar-refractivity contribution < 1.29 is 4.74 Å². The molecule has 0 aliphatic carbocycles. The standard InChI is InChI=1S/C11H9BrN8O/c12-7-2-1-3-8(4-7)21-11-17-9(19-13)16-10(18-11)20-6-14-5-15-20/h1-6H,13H2,(H,16,17,18,19). The number of hydrogen-bond donors (Lipinski definition) is 2. The van der Waals surface area contributed by atoms with Crippen LogP contribution < -0.4 is 16.0 Å². The van der Waals surface area contributed by atoms with E-state index >= 15 is 0 Å². The number of nitrogen functional groups attached to an aromatic ring is 1. The lowest BCUT2D eigenvalue weighted by Gasteiger charge is -2.07. The van der Waals surface area contributed by atoms with Crippen molar-refractivity contribution in [2.45, 2.75) is 0 Å². The number of nitrogens with two attached hydrogens (primary N) is 1. The second kappa shape index (κ2) is 5.81. The summed E-state index contributed by atoms with van der Waals surface area (Å²) in [5.41, 5.74) is 2.35. The summed E-state index contributed by atoms with van der Waals surface area (Å²) in [7, 11) is 0. The third-order valence-electron chi connectivity index (χ3n) is 2.36. The Morgan fingerprint density at radius 1 is 1.24 bits per heavy atom. The summed E-state index contributed by atoms with van der Waals surface area (Å²) < 4.78 is 7.84. The van der Waals surface area contributed by atoms with E-state index in [4.69, 9.17) is 10.6 Å². The van der Waals surface area contributed by atoms with Crippen LogP contribution in [-0.2, 0) is 0 Å². The monoisotopic (exact) mass is 348 g/mol. The number of nitrogens with zero attached hydrogens (tertiary/aromatic N) is 6. The summed E-state index contributed by atoms with van der Waals surface area (Å²) in [6.07, 6.45) is 2.83. The normalized spacial score (nSPS) is 10.4. The molecule has 0 fully saturated rings. The molecule has 0 bridgehead atoms. The van der Waals surface area contributed by atoms with Gasteiger partial charge in [0.05, 0.1) is 0 Å². The highest BCUT2D eigenvalue weighted by atomic mass is 79.9. The topological polar surface area (TPSA) is 117 Å². The quantitative estimate of drug-likeness (QED) is 0.535. The Morgan fingerprint density at radius 2 is 2.14 bits per heavy atom. The first-order valence-corrected chi connectivity index (χ1v) is 6.55. The highest BCUT2D eigenvalue weighted by Crippen LogP contribution is 2.22. The average Bonchev–Trinajstić information content (AvgIpc) is 3.01. The number of rotatable bonds is 4. The number of anilines is 1. The second-order valence-electron chi connectivity index (χ2n) is 3.79. The second-order valence-corrected chi connectivity index (χ2v) is 4.70. The van der Waals surface area contributed by atoms with Crippen LogP contribution in [0, 0.1) is 0 Å². The van der Waals surface area contributed by atoms with E-state index < -0.39 is 0 Å². The Balaban J connectivity index is 1.96. The molecule has 0 saturated heterocycles. The predicted molar refractivity (Wildman–Crippen MR) is 76.8 cm³/mol. The van der Waals surface area contributed by atoms with Gasteiger partial charge in [0.2, 0.25) is 5.95 Å². The highest BCUT2D eigenvalue weighted by molar-refractivity contribution is 9.10. The van der Waals surface area contributed by atoms with Crippen molar-refractivity contribution in [2.75, 3.05) is 5.43 Å². The number of benzene rings is 1. The van der Waals surface area contributed by atoms with E-state index in [0.29, 0.717) is 5.75 Å². The van der Waals surface area contributed by atoms with Crippen LogP contribution in [0.3, 0.4) is 0 Å². The molecule has 0 unspecified atom stereocenters. The minimum Gasteiger partial charge on any atom is -0.424 e. The lowest BCUT2D eigenvalue weighted by molar-refractivity contribution is 0.438. The molecule has 0 spiro atoms. The van der Waals surface area contributed by atoms with Gasteiger partial charge in [-0.1, -0.05) is 22.0 Å². The van der Waals surface area contributed by atoms with Gasteiger partial charge in [0.15, 0.2) is 0 Å². The number of nitrogens with one attached hydrogen (secondary N) is 1. The number of hydrazine groups is 1. The fraction of sp³-hybridized carbons (Fsp3) is 0. The molecule has 0 radical (unpaired) electrons. The molecule has 0 saturated carbocycles. The van der Waals surface area contributed by atoms with Gasteiger partial charge in [-0.15, -0.1) is 0 Å². The average molecular weight is 349 g/mol. The van der Waals surface area contributed by atoms with Crippen molar-refractivity contribution in [3.05, 3.63) is 41.4 Å². The fourth-order valence-corrected chi connectivity index (χ4v) is 1.88. The highest BCUT2D eigenvalue weighted by Gasteiger charge is 2.10. The summed E-state index contributed by atoms with van der Waals surface area (Å²) in [6.45, 7) is 0. The van der Waals surface area contributed by atoms with Crippen LogP contribution in [0.4, 0.5) is 5.95 Å². The largest absolute Gasteiger partial charge is 0.424 e. The zero-order valence-electron chi connectivity index (χ0n) is 10.5. The zero-order chi connectivity index (χ0) is 14.7. The summed E-state index contributed by atoms with van der Waals surface area (Å²) >= 11 is 3.36. The van der Waals surface area contributed by atoms with Crippen molar-refractivity contribution in [1.29, 1.82) is 0 Å². The number of ether oxygens (including phenoxy) is 1. The molecule has 3 aromatic rings. The molecule has 1 aromatic carbocycles. The minimum atomic E-state index is 0.0848. The first-order valence-electron chi connectivity index (χ1n) is 5.76. The lowest BCUT2D eigenvalue weighted by atomic mass is 10.3. The van der Waals surface area contributed by atoms with Crippen LogP contribution in [0.25, 0.3) is 5.95 Å². The fourth-order valence-electron chi connectivity index (χ4n) is 1.51. The van der Waals surface area contributed by atoms with Crippen molar-refractivity contribution in [3.8, 4) is 17.7 Å². The van der Waals surface area contributed by atoms with Crippen molar-refractivity contribution in [2.24, 2.45) is 5.84 Å². The molecule has 21 heavy (non-hydrogen) atoms. The van der Waals surface area contributed by atoms with E-state index in [1.54, 1.807) is 12.1 Å². The van der Waals surface area contributed by atoms with Crippen LogP contribution in [0.1, 0.15) is 0 Å². The third-order valence-corrected chi connectivity index (χ3v) is 2.85. The van der Waals surface area contributed by atoms with E-state index in [0.717, 1.165) is 4.47 Å². The van der Waals surface area contributed by atoms with Crippen LogP contribution in [0.2, 0.25) is 0 Å². The smallest absolute Gasteiger partial charge is 0.328 e. The molecule has 3 rings (SSSR count). The van der Waals surface area contributed by atoms with Crippen molar-refractivity contribution in [3.63, 3.8) is 0 Å². The van der Waals surface area contributed by atoms with Gasteiger partial charge in [-0.2, -0.15) is 24.7 Å². The summed E-state index contributed by atoms with van der Waals surface area (Å²) in [5, 5.41) is 3.95. The van der Waals surface area contributed by atoms with Gasteiger partial charge in [-0.25, -0.2) is 10.8 Å².